The van der Waals surface area contributed by atoms with Crippen LogP contribution in [0.25, 0.3) is 10.8 Å². The standard InChI is InChI=1S/C17H15NO3S/c1-11-5-3-6-14(12(11)2)17(19)21-10-13-9-20-16(18-13)15-7-4-8-22-15/h3-9H,10H2,1-2H3. The van der Waals surface area contributed by atoms with Gasteiger partial charge < -0.3 is 9.15 Å². The molecule has 0 bridgehead atoms. The van der Waals surface area contributed by atoms with Crippen molar-refractivity contribution in [1.82, 2.24) is 4.98 Å². The number of thiophene rings is 1. The highest BCUT2D eigenvalue weighted by molar-refractivity contribution is 7.13. The summed E-state index contributed by atoms with van der Waals surface area (Å²) in [6, 6.07) is 9.46. The fourth-order valence-electron chi connectivity index (χ4n) is 2.08. The first-order chi connectivity index (χ1) is 10.6. The van der Waals surface area contributed by atoms with E-state index in [4.69, 9.17) is 9.15 Å². The van der Waals surface area contributed by atoms with Crippen molar-refractivity contribution in [2.75, 3.05) is 0 Å². The van der Waals surface area contributed by atoms with Crippen LogP contribution >= 0.6 is 11.3 Å². The summed E-state index contributed by atoms with van der Waals surface area (Å²) >= 11 is 1.55. The molecule has 0 aliphatic carbocycles. The van der Waals surface area contributed by atoms with Crippen molar-refractivity contribution in [3.05, 3.63) is 64.4 Å². The fourth-order valence-corrected chi connectivity index (χ4v) is 2.73. The molecule has 112 valence electrons. The molecule has 0 amide bonds. The van der Waals surface area contributed by atoms with Crippen molar-refractivity contribution in [2.45, 2.75) is 20.5 Å². The number of aromatic nitrogens is 1. The third-order valence-corrected chi connectivity index (χ3v) is 4.32. The molecule has 2 aromatic heterocycles. The first-order valence-electron chi connectivity index (χ1n) is 6.87. The fraction of sp³-hybridized carbons (Fsp3) is 0.176. The molecule has 1 aromatic carbocycles. The van der Waals surface area contributed by atoms with E-state index in [-0.39, 0.29) is 12.6 Å². The number of aryl methyl sites for hydroxylation is 1. The number of carbonyl (C=O) groups is 1. The summed E-state index contributed by atoms with van der Waals surface area (Å²) in [4.78, 5) is 17.4. The van der Waals surface area contributed by atoms with Crippen LogP contribution in [0.3, 0.4) is 0 Å². The summed E-state index contributed by atoms with van der Waals surface area (Å²) < 4.78 is 10.7. The van der Waals surface area contributed by atoms with Gasteiger partial charge >= 0.3 is 5.97 Å². The minimum absolute atomic E-state index is 0.0983. The molecule has 5 heteroatoms. The van der Waals surface area contributed by atoms with Crippen LogP contribution in [-0.4, -0.2) is 11.0 Å². The van der Waals surface area contributed by atoms with Gasteiger partial charge in [0.25, 0.3) is 0 Å². The maximum Gasteiger partial charge on any atom is 0.338 e. The molecule has 0 radical (unpaired) electrons. The lowest BCUT2D eigenvalue weighted by Gasteiger charge is -2.07. The van der Waals surface area contributed by atoms with Crippen LogP contribution in [0.1, 0.15) is 27.2 Å². The highest BCUT2D eigenvalue weighted by Gasteiger charge is 2.13. The first-order valence-corrected chi connectivity index (χ1v) is 7.75. The molecule has 0 N–H and O–H groups in total. The molecular formula is C17H15NO3S. The average Bonchev–Trinajstić information content (AvgIpc) is 3.18. The Balaban J connectivity index is 1.68. The number of nitrogens with zero attached hydrogens (tertiary/aromatic N) is 1. The zero-order valence-electron chi connectivity index (χ0n) is 12.3. The summed E-state index contributed by atoms with van der Waals surface area (Å²) in [5, 5.41) is 1.96. The number of oxazole rings is 1. The van der Waals surface area contributed by atoms with Crippen LogP contribution in [0.5, 0.6) is 0 Å². The summed E-state index contributed by atoms with van der Waals surface area (Å²) in [5.41, 5.74) is 3.19. The molecule has 3 aromatic rings. The van der Waals surface area contributed by atoms with Crippen molar-refractivity contribution >= 4 is 17.3 Å². The smallest absolute Gasteiger partial charge is 0.338 e. The van der Waals surface area contributed by atoms with E-state index < -0.39 is 0 Å². The van der Waals surface area contributed by atoms with Gasteiger partial charge in [-0.25, -0.2) is 9.78 Å². The van der Waals surface area contributed by atoms with Crippen LogP contribution in [0.2, 0.25) is 0 Å². The molecule has 3 rings (SSSR count). The number of benzene rings is 1. The van der Waals surface area contributed by atoms with Crippen LogP contribution in [0.4, 0.5) is 0 Å². The summed E-state index contributed by atoms with van der Waals surface area (Å²) in [7, 11) is 0. The SMILES string of the molecule is Cc1cccc(C(=O)OCc2coc(-c3cccs3)n2)c1C. The van der Waals surface area contributed by atoms with Gasteiger partial charge in [0, 0.05) is 0 Å². The van der Waals surface area contributed by atoms with Crippen molar-refractivity contribution < 1.29 is 13.9 Å². The minimum atomic E-state index is -0.345. The van der Waals surface area contributed by atoms with E-state index in [0.717, 1.165) is 16.0 Å². The predicted molar refractivity (Wildman–Crippen MR) is 84.9 cm³/mol. The van der Waals surface area contributed by atoms with Crippen LogP contribution in [-0.2, 0) is 11.3 Å². The van der Waals surface area contributed by atoms with E-state index in [0.29, 0.717) is 17.1 Å². The Kier molecular flexibility index (Phi) is 4.06. The van der Waals surface area contributed by atoms with E-state index in [1.807, 2.05) is 43.5 Å². The van der Waals surface area contributed by atoms with Gasteiger partial charge in [-0.05, 0) is 42.5 Å². The molecule has 0 atom stereocenters. The Morgan fingerprint density at radius 2 is 2.14 bits per heavy atom. The number of hydrogen-bond donors (Lipinski definition) is 0. The molecule has 0 unspecified atom stereocenters. The Labute approximate surface area is 132 Å². The van der Waals surface area contributed by atoms with Gasteiger partial charge in [-0.3, -0.25) is 0 Å². The Morgan fingerprint density at radius 3 is 2.91 bits per heavy atom. The molecule has 0 aliphatic heterocycles. The quantitative estimate of drug-likeness (QED) is 0.671. The second-order valence-corrected chi connectivity index (χ2v) is 5.89. The summed E-state index contributed by atoms with van der Waals surface area (Å²) in [5.74, 6) is 0.203. The van der Waals surface area contributed by atoms with Gasteiger partial charge in [-0.1, -0.05) is 18.2 Å². The van der Waals surface area contributed by atoms with Gasteiger partial charge in [0.05, 0.1) is 10.4 Å². The minimum Gasteiger partial charge on any atom is -0.455 e. The number of rotatable bonds is 4. The van der Waals surface area contributed by atoms with E-state index in [1.54, 1.807) is 17.4 Å². The van der Waals surface area contributed by atoms with Crippen molar-refractivity contribution in [2.24, 2.45) is 0 Å². The molecule has 22 heavy (non-hydrogen) atoms. The van der Waals surface area contributed by atoms with Gasteiger partial charge in [0.2, 0.25) is 5.89 Å². The molecule has 0 saturated heterocycles. The summed E-state index contributed by atoms with van der Waals surface area (Å²) in [6.45, 7) is 3.98. The molecule has 2 heterocycles. The van der Waals surface area contributed by atoms with E-state index >= 15 is 0 Å². The zero-order valence-corrected chi connectivity index (χ0v) is 13.1. The first kappa shape index (κ1) is 14.5. The normalized spacial score (nSPS) is 10.6. The van der Waals surface area contributed by atoms with Crippen LogP contribution in [0, 0.1) is 13.8 Å². The molecule has 0 aliphatic rings. The van der Waals surface area contributed by atoms with Gasteiger partial charge in [-0.2, -0.15) is 0 Å². The van der Waals surface area contributed by atoms with Crippen molar-refractivity contribution in [1.29, 1.82) is 0 Å². The van der Waals surface area contributed by atoms with Gasteiger partial charge in [-0.15, -0.1) is 11.3 Å². The number of ether oxygens (including phenoxy) is 1. The number of carbonyl (C=O) groups excluding carboxylic acids is 1. The van der Waals surface area contributed by atoms with Gasteiger partial charge in [0.1, 0.15) is 18.6 Å². The average molecular weight is 313 g/mol. The third-order valence-electron chi connectivity index (χ3n) is 3.46. The molecular weight excluding hydrogens is 298 g/mol. The predicted octanol–water partition coefficient (Wildman–Crippen LogP) is 4.38. The second kappa shape index (κ2) is 6.15. The summed E-state index contributed by atoms with van der Waals surface area (Å²) in [6.07, 6.45) is 1.52. The lowest BCUT2D eigenvalue weighted by Crippen LogP contribution is -2.08. The monoisotopic (exact) mass is 313 g/mol. The molecule has 0 fully saturated rings. The van der Waals surface area contributed by atoms with E-state index in [9.17, 15) is 4.79 Å². The Bertz CT molecular complexity index is 790. The lowest BCUT2D eigenvalue weighted by molar-refractivity contribution is 0.0467. The van der Waals surface area contributed by atoms with Crippen molar-refractivity contribution in [3.8, 4) is 10.8 Å². The van der Waals surface area contributed by atoms with Gasteiger partial charge in [0.15, 0.2) is 0 Å². The second-order valence-electron chi connectivity index (χ2n) is 4.94. The Hall–Kier alpha value is -2.40. The van der Waals surface area contributed by atoms with Crippen LogP contribution in [0.15, 0.2) is 46.4 Å². The highest BCUT2D eigenvalue weighted by atomic mass is 32.1. The van der Waals surface area contributed by atoms with E-state index in [2.05, 4.69) is 4.98 Å². The molecule has 4 nitrogen and oxygen atoms in total. The zero-order chi connectivity index (χ0) is 15.5. The largest absolute Gasteiger partial charge is 0.455 e. The Morgan fingerprint density at radius 1 is 1.27 bits per heavy atom. The maximum absolute atomic E-state index is 12.1. The highest BCUT2D eigenvalue weighted by Crippen LogP contribution is 2.24. The topological polar surface area (TPSA) is 52.3 Å². The molecule has 0 saturated carbocycles. The molecule has 0 spiro atoms. The van der Waals surface area contributed by atoms with Crippen molar-refractivity contribution in [3.63, 3.8) is 0 Å². The number of hydrogen-bond acceptors (Lipinski definition) is 5. The van der Waals surface area contributed by atoms with E-state index in [1.165, 1.54) is 6.26 Å². The van der Waals surface area contributed by atoms with Crippen LogP contribution < -0.4 is 0 Å². The third kappa shape index (κ3) is 2.94. The maximum atomic E-state index is 12.1. The number of esters is 1. The lowest BCUT2D eigenvalue weighted by atomic mass is 10.0.